The predicted octanol–water partition coefficient (Wildman–Crippen LogP) is 4.61. The van der Waals surface area contributed by atoms with Crippen molar-refractivity contribution in [2.75, 3.05) is 18.5 Å². The number of hydrogen-bond donors (Lipinski definition) is 1. The van der Waals surface area contributed by atoms with Gasteiger partial charge >= 0.3 is 0 Å². The summed E-state index contributed by atoms with van der Waals surface area (Å²) in [5, 5.41) is 4.03. The molecule has 2 rings (SSSR count). The second kappa shape index (κ2) is 7.93. The lowest BCUT2D eigenvalue weighted by molar-refractivity contribution is -0.200. The van der Waals surface area contributed by atoms with Crippen molar-refractivity contribution < 1.29 is 9.47 Å². The van der Waals surface area contributed by atoms with Crippen LogP contribution in [0.2, 0.25) is 10.2 Å². The van der Waals surface area contributed by atoms with Gasteiger partial charge in [0.15, 0.2) is 5.82 Å². The zero-order chi connectivity index (χ0) is 16.9. The molecule has 0 spiro atoms. The first kappa shape index (κ1) is 17.9. The van der Waals surface area contributed by atoms with Crippen LogP contribution < -0.4 is 5.32 Å². The van der Waals surface area contributed by atoms with Crippen molar-refractivity contribution in [1.82, 2.24) is 9.97 Å². The first-order valence-electron chi connectivity index (χ1n) is 7.32. The molecule has 124 valence electrons. The third-order valence-corrected chi connectivity index (χ3v) is 3.40. The van der Waals surface area contributed by atoms with Gasteiger partial charge in [-0.25, -0.2) is 9.97 Å². The van der Waals surface area contributed by atoms with E-state index < -0.39 is 5.91 Å². The standard InChI is InChI=1S/C16H19Cl2N3O2/c1-4-22-16(3,23-5-2)21-14-10-13(18)19-15(20-14)11-7-6-8-12(17)9-11/h6-10H,4-5H2,1-3H3,(H,19,20,21). The topological polar surface area (TPSA) is 56.3 Å². The summed E-state index contributed by atoms with van der Waals surface area (Å²) in [6.45, 7) is 6.55. The number of ether oxygens (including phenoxy) is 2. The molecule has 0 amide bonds. The smallest absolute Gasteiger partial charge is 0.247 e. The van der Waals surface area contributed by atoms with Crippen LogP contribution in [0.3, 0.4) is 0 Å². The van der Waals surface area contributed by atoms with Crippen LogP contribution in [0.25, 0.3) is 11.4 Å². The van der Waals surface area contributed by atoms with Crippen molar-refractivity contribution in [3.8, 4) is 11.4 Å². The maximum absolute atomic E-state index is 6.12. The summed E-state index contributed by atoms with van der Waals surface area (Å²) >= 11 is 12.1. The lowest BCUT2D eigenvalue weighted by atomic mass is 10.2. The third-order valence-electron chi connectivity index (χ3n) is 2.97. The highest BCUT2D eigenvalue weighted by Crippen LogP contribution is 2.25. The Morgan fingerprint density at radius 2 is 1.78 bits per heavy atom. The number of hydrogen-bond acceptors (Lipinski definition) is 5. The molecule has 2 aromatic rings. The van der Waals surface area contributed by atoms with Gasteiger partial charge in [-0.2, -0.15) is 0 Å². The normalized spacial score (nSPS) is 11.5. The van der Waals surface area contributed by atoms with E-state index in [2.05, 4.69) is 15.3 Å². The molecule has 0 aliphatic heterocycles. The van der Waals surface area contributed by atoms with Gasteiger partial charge in [-0.1, -0.05) is 35.3 Å². The molecule has 23 heavy (non-hydrogen) atoms. The molecule has 0 aliphatic carbocycles. The minimum atomic E-state index is -0.993. The summed E-state index contributed by atoms with van der Waals surface area (Å²) in [5.74, 6) is -0.0190. The quantitative estimate of drug-likeness (QED) is 0.580. The van der Waals surface area contributed by atoms with Crippen molar-refractivity contribution in [2.24, 2.45) is 0 Å². The zero-order valence-electron chi connectivity index (χ0n) is 13.3. The summed E-state index contributed by atoms with van der Waals surface area (Å²) in [6.07, 6.45) is 0. The number of rotatable bonds is 7. The van der Waals surface area contributed by atoms with E-state index in [1.165, 1.54) is 0 Å². The number of nitrogens with one attached hydrogen (secondary N) is 1. The van der Waals surface area contributed by atoms with E-state index >= 15 is 0 Å². The van der Waals surface area contributed by atoms with Gasteiger partial charge in [0.2, 0.25) is 5.91 Å². The summed E-state index contributed by atoms with van der Waals surface area (Å²) in [6, 6.07) is 8.88. The molecule has 0 fully saturated rings. The first-order chi connectivity index (χ1) is 11.0. The molecule has 0 radical (unpaired) electrons. The van der Waals surface area contributed by atoms with Crippen LogP contribution in [0.1, 0.15) is 20.8 Å². The largest absolute Gasteiger partial charge is 0.333 e. The Morgan fingerprint density at radius 3 is 2.39 bits per heavy atom. The maximum Gasteiger partial charge on any atom is 0.247 e. The van der Waals surface area contributed by atoms with Crippen LogP contribution >= 0.6 is 23.2 Å². The summed E-state index contributed by atoms with van der Waals surface area (Å²) in [4.78, 5) is 8.71. The van der Waals surface area contributed by atoms with Crippen LogP contribution in [0.5, 0.6) is 0 Å². The first-order valence-corrected chi connectivity index (χ1v) is 8.08. The van der Waals surface area contributed by atoms with Gasteiger partial charge in [-0.15, -0.1) is 0 Å². The monoisotopic (exact) mass is 355 g/mol. The van der Waals surface area contributed by atoms with Crippen molar-refractivity contribution in [1.29, 1.82) is 0 Å². The van der Waals surface area contributed by atoms with Crippen LogP contribution in [-0.4, -0.2) is 29.1 Å². The van der Waals surface area contributed by atoms with Crippen LogP contribution in [0, 0.1) is 0 Å². The molecule has 0 saturated carbocycles. The minimum absolute atomic E-state index is 0.313. The molecular weight excluding hydrogens is 337 g/mol. The SMILES string of the molecule is CCOC(C)(Nc1cc(Cl)nc(-c2cccc(Cl)c2)n1)OCC. The fourth-order valence-electron chi connectivity index (χ4n) is 2.14. The van der Waals surface area contributed by atoms with E-state index in [1.54, 1.807) is 25.1 Å². The van der Waals surface area contributed by atoms with Gasteiger partial charge in [0.05, 0.1) is 0 Å². The van der Waals surface area contributed by atoms with E-state index in [1.807, 2.05) is 26.0 Å². The Bertz CT molecular complexity index is 662. The lowest BCUT2D eigenvalue weighted by Crippen LogP contribution is -2.41. The Kier molecular flexibility index (Phi) is 6.18. The second-order valence-electron chi connectivity index (χ2n) is 4.85. The third kappa shape index (κ3) is 5.04. The number of anilines is 1. The average Bonchev–Trinajstić information content (AvgIpc) is 2.46. The molecule has 1 heterocycles. The maximum atomic E-state index is 6.12. The molecule has 0 saturated heterocycles. The number of aromatic nitrogens is 2. The zero-order valence-corrected chi connectivity index (χ0v) is 14.8. The van der Waals surface area contributed by atoms with Gasteiger partial charge in [0.25, 0.3) is 0 Å². The van der Waals surface area contributed by atoms with Gasteiger partial charge in [0, 0.05) is 36.8 Å². The van der Waals surface area contributed by atoms with E-state index in [0.29, 0.717) is 35.0 Å². The number of benzene rings is 1. The van der Waals surface area contributed by atoms with Crippen molar-refractivity contribution in [2.45, 2.75) is 26.7 Å². The van der Waals surface area contributed by atoms with Crippen molar-refractivity contribution in [3.63, 3.8) is 0 Å². The summed E-state index contributed by atoms with van der Waals surface area (Å²) in [7, 11) is 0. The number of nitrogens with zero attached hydrogens (tertiary/aromatic N) is 2. The van der Waals surface area contributed by atoms with E-state index in [0.717, 1.165) is 5.56 Å². The Labute approximate surface area is 146 Å². The molecule has 1 aromatic heterocycles. The molecule has 0 aliphatic rings. The molecule has 1 aromatic carbocycles. The van der Waals surface area contributed by atoms with Crippen LogP contribution in [-0.2, 0) is 9.47 Å². The lowest BCUT2D eigenvalue weighted by Gasteiger charge is -2.30. The van der Waals surface area contributed by atoms with Crippen molar-refractivity contribution in [3.05, 3.63) is 40.5 Å². The highest BCUT2D eigenvalue weighted by Gasteiger charge is 2.25. The summed E-state index contributed by atoms with van der Waals surface area (Å²) < 4.78 is 11.2. The highest BCUT2D eigenvalue weighted by atomic mass is 35.5. The molecule has 7 heteroatoms. The molecule has 5 nitrogen and oxygen atoms in total. The molecule has 0 atom stereocenters. The van der Waals surface area contributed by atoms with E-state index in [-0.39, 0.29) is 0 Å². The molecular formula is C16H19Cl2N3O2. The van der Waals surface area contributed by atoms with E-state index in [9.17, 15) is 0 Å². The van der Waals surface area contributed by atoms with Crippen LogP contribution in [0.15, 0.2) is 30.3 Å². The fraction of sp³-hybridized carbons (Fsp3) is 0.375. The predicted molar refractivity (Wildman–Crippen MR) is 92.8 cm³/mol. The summed E-state index contributed by atoms with van der Waals surface area (Å²) in [5.41, 5.74) is 0.776. The van der Waals surface area contributed by atoms with Gasteiger partial charge < -0.3 is 14.8 Å². The highest BCUT2D eigenvalue weighted by molar-refractivity contribution is 6.31. The molecule has 0 unspecified atom stereocenters. The van der Waals surface area contributed by atoms with Crippen molar-refractivity contribution >= 4 is 29.0 Å². The van der Waals surface area contributed by atoms with Gasteiger partial charge in [-0.05, 0) is 26.0 Å². The molecule has 1 N–H and O–H groups in total. The fourth-order valence-corrected chi connectivity index (χ4v) is 2.51. The average molecular weight is 356 g/mol. The Hall–Kier alpha value is -1.40. The Morgan fingerprint density at radius 1 is 1.09 bits per heavy atom. The molecule has 0 bridgehead atoms. The Balaban J connectivity index is 2.33. The van der Waals surface area contributed by atoms with E-state index in [4.69, 9.17) is 32.7 Å². The second-order valence-corrected chi connectivity index (χ2v) is 5.67. The van der Waals surface area contributed by atoms with Crippen LogP contribution in [0.4, 0.5) is 5.82 Å². The van der Waals surface area contributed by atoms with Gasteiger partial charge in [0.1, 0.15) is 11.0 Å². The minimum Gasteiger partial charge on any atom is -0.333 e. The van der Waals surface area contributed by atoms with Gasteiger partial charge in [-0.3, -0.25) is 0 Å². The number of halogens is 2.